The van der Waals surface area contributed by atoms with E-state index in [9.17, 15) is 36.3 Å². The highest BCUT2D eigenvalue weighted by atomic mass is 35.5. The summed E-state index contributed by atoms with van der Waals surface area (Å²) < 4.78 is 73.5. The Hall–Kier alpha value is -2.81. The predicted octanol–water partition coefficient (Wildman–Crippen LogP) is 4.11. The van der Waals surface area contributed by atoms with Crippen LogP contribution >= 0.6 is 22.9 Å². The van der Waals surface area contributed by atoms with E-state index in [2.05, 4.69) is 10.6 Å². The van der Waals surface area contributed by atoms with Gasteiger partial charge >= 0.3 is 6.18 Å². The van der Waals surface area contributed by atoms with Crippen LogP contribution in [0.5, 0.6) is 0 Å². The lowest BCUT2D eigenvalue weighted by Gasteiger charge is -2.30. The molecule has 1 atom stereocenters. The Bertz CT molecular complexity index is 1160. The first kappa shape index (κ1) is 29.7. The van der Waals surface area contributed by atoms with Crippen molar-refractivity contribution < 1.29 is 41.1 Å². The number of morpholine rings is 1. The SMILES string of the molecule is CCN(CC(F)F)[C@@H](CNC(=O)c1ccc(Cl)s1)C(=O)Nc1ccc(N2CCOCC2=O)cc1C(F)(F)F. The van der Waals surface area contributed by atoms with Crippen LogP contribution in [0.1, 0.15) is 22.2 Å². The lowest BCUT2D eigenvalue weighted by Crippen LogP contribution is -2.52. The number of hydrogen-bond donors (Lipinski definition) is 2. The van der Waals surface area contributed by atoms with Gasteiger partial charge in [0, 0.05) is 18.8 Å². The Morgan fingerprint density at radius 1 is 1.24 bits per heavy atom. The highest BCUT2D eigenvalue weighted by Gasteiger charge is 2.37. The molecule has 3 rings (SSSR count). The van der Waals surface area contributed by atoms with Crippen molar-refractivity contribution in [2.24, 2.45) is 0 Å². The number of likely N-dealkylation sites (N-methyl/N-ethyl adjacent to an activating group) is 1. The average molecular weight is 583 g/mol. The standard InChI is InChI=1S/C23H24ClF5N4O4S/c1-2-32(11-19(25)26)16(10-30-22(36)17-5-6-18(24)38-17)21(35)31-15-4-3-13(9-14(15)23(27,28)29)33-7-8-37-12-20(33)34/h3-6,9,16,19H,2,7-8,10-12H2,1H3,(H,30,36)(H,31,35)/t16-/m0/s1. The Morgan fingerprint density at radius 3 is 2.55 bits per heavy atom. The summed E-state index contributed by atoms with van der Waals surface area (Å²) >= 11 is 6.78. The van der Waals surface area contributed by atoms with Gasteiger partial charge in [0.25, 0.3) is 18.2 Å². The third kappa shape index (κ3) is 7.62. The summed E-state index contributed by atoms with van der Waals surface area (Å²) in [6.45, 7) is 0.0712. The zero-order valence-corrected chi connectivity index (χ0v) is 21.6. The third-order valence-electron chi connectivity index (χ3n) is 5.64. The van der Waals surface area contributed by atoms with Crippen molar-refractivity contribution in [3.05, 3.63) is 45.1 Å². The summed E-state index contributed by atoms with van der Waals surface area (Å²) in [7, 11) is 0. The lowest BCUT2D eigenvalue weighted by molar-refractivity contribution is -0.137. The molecule has 0 radical (unpaired) electrons. The summed E-state index contributed by atoms with van der Waals surface area (Å²) in [5.74, 6) is -2.17. The van der Waals surface area contributed by atoms with E-state index in [1.807, 2.05) is 0 Å². The molecule has 1 aliphatic rings. The van der Waals surface area contributed by atoms with E-state index in [0.717, 1.165) is 33.3 Å². The lowest BCUT2D eigenvalue weighted by atomic mass is 10.1. The van der Waals surface area contributed by atoms with Crippen molar-refractivity contribution in [2.45, 2.75) is 25.6 Å². The molecule has 3 amide bonds. The number of halogens is 6. The second-order valence-electron chi connectivity index (χ2n) is 8.12. The van der Waals surface area contributed by atoms with Crippen molar-refractivity contribution in [1.29, 1.82) is 0 Å². The van der Waals surface area contributed by atoms with Crippen molar-refractivity contribution >= 4 is 52.0 Å². The second kappa shape index (κ2) is 12.8. The Kier molecular flexibility index (Phi) is 10.0. The first-order valence-electron chi connectivity index (χ1n) is 11.4. The van der Waals surface area contributed by atoms with E-state index in [0.29, 0.717) is 4.34 Å². The monoisotopic (exact) mass is 582 g/mol. The largest absolute Gasteiger partial charge is 0.418 e. The molecule has 2 aromatic rings. The molecule has 1 aliphatic heterocycles. The molecule has 208 valence electrons. The van der Waals surface area contributed by atoms with E-state index in [1.165, 1.54) is 25.1 Å². The zero-order chi connectivity index (χ0) is 28.0. The first-order valence-corrected chi connectivity index (χ1v) is 12.6. The fourth-order valence-corrected chi connectivity index (χ4v) is 4.76. The van der Waals surface area contributed by atoms with E-state index in [-0.39, 0.29) is 36.9 Å². The maximum absolute atomic E-state index is 13.9. The number of amides is 3. The van der Waals surface area contributed by atoms with Gasteiger partial charge < -0.3 is 20.3 Å². The fourth-order valence-electron chi connectivity index (χ4n) is 3.81. The first-order chi connectivity index (χ1) is 17.9. The minimum Gasteiger partial charge on any atom is -0.370 e. The van der Waals surface area contributed by atoms with Crippen LogP contribution in [0.3, 0.4) is 0 Å². The van der Waals surface area contributed by atoms with Crippen LogP contribution in [-0.2, 0) is 20.5 Å². The average Bonchev–Trinajstić information content (AvgIpc) is 3.29. The van der Waals surface area contributed by atoms with Crippen LogP contribution in [0.2, 0.25) is 4.34 Å². The second-order valence-corrected chi connectivity index (χ2v) is 9.84. The van der Waals surface area contributed by atoms with Crippen LogP contribution in [0, 0.1) is 0 Å². The molecule has 2 heterocycles. The number of carbonyl (C=O) groups excluding carboxylic acids is 3. The molecule has 8 nitrogen and oxygen atoms in total. The molecular formula is C23H24ClF5N4O4S. The van der Waals surface area contributed by atoms with Gasteiger partial charge in [-0.3, -0.25) is 19.3 Å². The highest BCUT2D eigenvalue weighted by Crippen LogP contribution is 2.38. The quantitative estimate of drug-likeness (QED) is 0.412. The van der Waals surface area contributed by atoms with Crippen LogP contribution in [0.4, 0.5) is 33.3 Å². The smallest absolute Gasteiger partial charge is 0.370 e. The van der Waals surface area contributed by atoms with Gasteiger partial charge in [-0.15, -0.1) is 11.3 Å². The number of hydrogen-bond acceptors (Lipinski definition) is 6. The maximum atomic E-state index is 13.9. The van der Waals surface area contributed by atoms with Crippen LogP contribution in [-0.4, -0.2) is 74.5 Å². The molecule has 1 aromatic heterocycles. The molecule has 0 spiro atoms. The molecule has 1 aromatic carbocycles. The normalized spacial score (nSPS) is 15.2. The third-order valence-corrected chi connectivity index (χ3v) is 6.87. The van der Waals surface area contributed by atoms with Crippen molar-refractivity contribution in [3.63, 3.8) is 0 Å². The van der Waals surface area contributed by atoms with Crippen LogP contribution in [0.15, 0.2) is 30.3 Å². The van der Waals surface area contributed by atoms with Crippen molar-refractivity contribution in [3.8, 4) is 0 Å². The van der Waals surface area contributed by atoms with Gasteiger partial charge in [0.2, 0.25) is 5.91 Å². The van der Waals surface area contributed by atoms with Gasteiger partial charge in [0.1, 0.15) is 12.6 Å². The number of rotatable bonds is 10. The highest BCUT2D eigenvalue weighted by molar-refractivity contribution is 7.18. The Balaban J connectivity index is 1.86. The van der Waals surface area contributed by atoms with E-state index >= 15 is 0 Å². The van der Waals surface area contributed by atoms with Gasteiger partial charge in [-0.05, 0) is 36.9 Å². The molecule has 15 heteroatoms. The topological polar surface area (TPSA) is 91.0 Å². The molecule has 1 fully saturated rings. The van der Waals surface area contributed by atoms with Gasteiger partial charge in [0.15, 0.2) is 0 Å². The van der Waals surface area contributed by atoms with E-state index in [4.69, 9.17) is 16.3 Å². The summed E-state index contributed by atoms with van der Waals surface area (Å²) in [6, 6.07) is 4.45. The molecule has 0 unspecified atom stereocenters. The van der Waals surface area contributed by atoms with Crippen LogP contribution in [0.25, 0.3) is 0 Å². The molecule has 0 bridgehead atoms. The number of benzene rings is 1. The van der Waals surface area contributed by atoms with Crippen LogP contribution < -0.4 is 15.5 Å². The Labute approximate surface area is 223 Å². The molecular weight excluding hydrogens is 559 g/mol. The number of thiophene rings is 1. The number of nitrogens with zero attached hydrogens (tertiary/aromatic N) is 2. The van der Waals surface area contributed by atoms with E-state index < -0.39 is 60.7 Å². The number of anilines is 2. The van der Waals surface area contributed by atoms with Crippen molar-refractivity contribution in [1.82, 2.24) is 10.2 Å². The maximum Gasteiger partial charge on any atom is 0.418 e. The van der Waals surface area contributed by atoms with Gasteiger partial charge in [-0.2, -0.15) is 13.2 Å². The summed E-state index contributed by atoms with van der Waals surface area (Å²) in [5, 5.41) is 4.63. The minimum atomic E-state index is -4.91. The number of alkyl halides is 5. The van der Waals surface area contributed by atoms with Crippen molar-refractivity contribution in [2.75, 3.05) is 49.6 Å². The van der Waals surface area contributed by atoms with E-state index in [1.54, 1.807) is 0 Å². The minimum absolute atomic E-state index is 0.0325. The number of carbonyl (C=O) groups is 3. The summed E-state index contributed by atoms with van der Waals surface area (Å²) in [5.41, 5.74) is -1.88. The number of ether oxygens (including phenoxy) is 1. The fraction of sp³-hybridized carbons (Fsp3) is 0.435. The zero-order valence-electron chi connectivity index (χ0n) is 20.0. The molecule has 0 saturated carbocycles. The summed E-state index contributed by atoms with van der Waals surface area (Å²) in [4.78, 5) is 40.1. The predicted molar refractivity (Wildman–Crippen MR) is 132 cm³/mol. The molecule has 1 saturated heterocycles. The summed E-state index contributed by atoms with van der Waals surface area (Å²) in [6.07, 6.45) is -7.75. The molecule has 38 heavy (non-hydrogen) atoms. The Morgan fingerprint density at radius 2 is 1.97 bits per heavy atom. The van der Waals surface area contributed by atoms with Gasteiger partial charge in [-0.25, -0.2) is 8.78 Å². The molecule has 0 aliphatic carbocycles. The molecule has 2 N–H and O–H groups in total. The number of nitrogens with one attached hydrogen (secondary N) is 2. The van der Waals surface area contributed by atoms with Gasteiger partial charge in [-0.1, -0.05) is 18.5 Å². The van der Waals surface area contributed by atoms with Gasteiger partial charge in [0.05, 0.1) is 33.6 Å².